The molecule has 0 aliphatic carbocycles. The summed E-state index contributed by atoms with van der Waals surface area (Å²) in [5.74, 6) is 0.427. The smallest absolute Gasteiger partial charge is 0.128 e. The van der Waals surface area contributed by atoms with Crippen molar-refractivity contribution < 1.29 is 4.39 Å². The molecule has 0 aliphatic rings. The molecular formula is C16H27FN2. The first-order chi connectivity index (χ1) is 9.01. The number of hydrogen-bond acceptors (Lipinski definition) is 2. The first kappa shape index (κ1) is 16.1. The fourth-order valence-corrected chi connectivity index (χ4v) is 2.47. The Morgan fingerprint density at radius 2 is 1.84 bits per heavy atom. The molecule has 0 saturated carbocycles. The van der Waals surface area contributed by atoms with E-state index >= 15 is 0 Å². The lowest BCUT2D eigenvalue weighted by Crippen LogP contribution is -2.41. The summed E-state index contributed by atoms with van der Waals surface area (Å²) in [4.78, 5) is 2.20. The largest absolute Gasteiger partial charge is 0.326 e. The van der Waals surface area contributed by atoms with Crippen LogP contribution < -0.4 is 5.73 Å². The summed E-state index contributed by atoms with van der Waals surface area (Å²) >= 11 is 0. The zero-order valence-corrected chi connectivity index (χ0v) is 12.6. The summed E-state index contributed by atoms with van der Waals surface area (Å²) in [6, 6.07) is 6.86. The highest BCUT2D eigenvalue weighted by Crippen LogP contribution is 2.27. The van der Waals surface area contributed by atoms with Crippen LogP contribution in [0.2, 0.25) is 0 Å². The number of hydrogen-bond donors (Lipinski definition) is 1. The average Bonchev–Trinajstić information content (AvgIpc) is 2.40. The summed E-state index contributed by atoms with van der Waals surface area (Å²) < 4.78 is 14.0. The van der Waals surface area contributed by atoms with Crippen molar-refractivity contribution in [2.45, 2.75) is 45.7 Å². The van der Waals surface area contributed by atoms with Crippen molar-refractivity contribution in [1.29, 1.82) is 0 Å². The van der Waals surface area contributed by atoms with E-state index in [2.05, 4.69) is 25.7 Å². The number of nitrogens with two attached hydrogens (primary N) is 1. The third kappa shape index (κ3) is 4.29. The predicted octanol–water partition coefficient (Wildman–Crippen LogP) is 3.58. The van der Waals surface area contributed by atoms with Crippen molar-refractivity contribution in [3.05, 3.63) is 35.6 Å². The van der Waals surface area contributed by atoms with Gasteiger partial charge >= 0.3 is 0 Å². The van der Waals surface area contributed by atoms with Crippen molar-refractivity contribution in [2.24, 2.45) is 11.7 Å². The van der Waals surface area contributed by atoms with Crippen LogP contribution in [0, 0.1) is 11.7 Å². The van der Waals surface area contributed by atoms with Crippen molar-refractivity contribution in [1.82, 2.24) is 4.90 Å². The molecule has 0 aliphatic heterocycles. The van der Waals surface area contributed by atoms with Crippen LogP contribution in [0.4, 0.5) is 4.39 Å². The van der Waals surface area contributed by atoms with Gasteiger partial charge in [0.25, 0.3) is 0 Å². The molecule has 0 saturated heterocycles. The molecule has 0 spiro atoms. The molecule has 0 aromatic heterocycles. The van der Waals surface area contributed by atoms with Gasteiger partial charge in [-0.05, 0) is 25.5 Å². The van der Waals surface area contributed by atoms with Crippen LogP contribution in [0.5, 0.6) is 0 Å². The van der Waals surface area contributed by atoms with Crippen molar-refractivity contribution >= 4 is 0 Å². The van der Waals surface area contributed by atoms with E-state index in [1.165, 1.54) is 6.07 Å². The van der Waals surface area contributed by atoms with Crippen molar-refractivity contribution in [3.63, 3.8) is 0 Å². The minimum atomic E-state index is -0.160. The molecule has 1 rings (SSSR count). The Balaban J connectivity index is 2.98. The molecule has 3 unspecified atom stereocenters. The van der Waals surface area contributed by atoms with E-state index in [0.717, 1.165) is 19.4 Å². The highest BCUT2D eigenvalue weighted by atomic mass is 19.1. The van der Waals surface area contributed by atoms with Gasteiger partial charge in [-0.3, -0.25) is 4.90 Å². The van der Waals surface area contributed by atoms with Gasteiger partial charge in [0.15, 0.2) is 0 Å². The number of halogens is 1. The van der Waals surface area contributed by atoms with Gasteiger partial charge in [-0.15, -0.1) is 0 Å². The topological polar surface area (TPSA) is 29.3 Å². The highest BCUT2D eigenvalue weighted by Gasteiger charge is 2.26. The van der Waals surface area contributed by atoms with E-state index in [1.807, 2.05) is 19.2 Å². The fraction of sp³-hybridized carbons (Fsp3) is 0.625. The third-order valence-electron chi connectivity index (χ3n) is 3.87. The molecule has 2 N–H and O–H groups in total. The molecule has 0 amide bonds. The predicted molar refractivity (Wildman–Crippen MR) is 79.5 cm³/mol. The molecule has 0 bridgehead atoms. The van der Waals surface area contributed by atoms with E-state index in [1.54, 1.807) is 6.07 Å². The molecule has 0 fully saturated rings. The Labute approximate surface area is 116 Å². The second-order valence-corrected chi connectivity index (χ2v) is 5.49. The van der Waals surface area contributed by atoms with E-state index in [-0.39, 0.29) is 17.9 Å². The number of likely N-dealkylation sites (N-methyl/N-ethyl adjacent to an activating group) is 1. The van der Waals surface area contributed by atoms with Crippen LogP contribution in [0.25, 0.3) is 0 Å². The van der Waals surface area contributed by atoms with E-state index < -0.39 is 0 Å². The zero-order chi connectivity index (χ0) is 14.4. The molecule has 1 aromatic rings. The molecule has 2 nitrogen and oxygen atoms in total. The second kappa shape index (κ2) is 7.61. The molecule has 0 radical (unpaired) electrons. The Morgan fingerprint density at radius 3 is 2.37 bits per heavy atom. The van der Waals surface area contributed by atoms with Gasteiger partial charge in [-0.25, -0.2) is 4.39 Å². The van der Waals surface area contributed by atoms with Crippen LogP contribution in [-0.2, 0) is 0 Å². The SMILES string of the molecule is CCC(C)CN(C)C(c1ccccc1F)C(N)CC. The molecule has 3 atom stereocenters. The van der Waals surface area contributed by atoms with Gasteiger partial charge < -0.3 is 5.73 Å². The summed E-state index contributed by atoms with van der Waals surface area (Å²) in [5, 5.41) is 0. The third-order valence-corrected chi connectivity index (χ3v) is 3.87. The van der Waals surface area contributed by atoms with Crippen LogP contribution in [-0.4, -0.2) is 24.5 Å². The lowest BCUT2D eigenvalue weighted by Gasteiger charge is -2.34. The lowest BCUT2D eigenvalue weighted by molar-refractivity contribution is 0.179. The number of nitrogens with zero attached hydrogens (tertiary/aromatic N) is 1. The number of benzene rings is 1. The van der Waals surface area contributed by atoms with Gasteiger partial charge in [0.1, 0.15) is 5.82 Å². The standard InChI is InChI=1S/C16H27FN2/c1-5-12(3)11-19(4)16(15(18)6-2)13-9-7-8-10-14(13)17/h7-10,12,15-16H,5-6,11,18H2,1-4H3. The highest BCUT2D eigenvalue weighted by molar-refractivity contribution is 5.22. The Kier molecular flexibility index (Phi) is 6.46. The van der Waals surface area contributed by atoms with Crippen LogP contribution >= 0.6 is 0 Å². The van der Waals surface area contributed by atoms with Crippen LogP contribution in [0.1, 0.15) is 45.2 Å². The maximum atomic E-state index is 14.0. The minimum Gasteiger partial charge on any atom is -0.326 e. The zero-order valence-electron chi connectivity index (χ0n) is 12.6. The molecule has 3 heteroatoms. The summed E-state index contributed by atoms with van der Waals surface area (Å²) in [7, 11) is 2.04. The summed E-state index contributed by atoms with van der Waals surface area (Å²) in [6.45, 7) is 7.38. The van der Waals surface area contributed by atoms with E-state index in [9.17, 15) is 4.39 Å². The quantitative estimate of drug-likeness (QED) is 0.817. The molecule has 0 heterocycles. The molecule has 19 heavy (non-hydrogen) atoms. The maximum Gasteiger partial charge on any atom is 0.128 e. The normalized spacial score (nSPS) is 16.4. The molecular weight excluding hydrogens is 239 g/mol. The monoisotopic (exact) mass is 266 g/mol. The van der Waals surface area contributed by atoms with Gasteiger partial charge in [0.05, 0.1) is 6.04 Å². The van der Waals surface area contributed by atoms with Crippen LogP contribution in [0.3, 0.4) is 0 Å². The first-order valence-corrected chi connectivity index (χ1v) is 7.21. The maximum absolute atomic E-state index is 14.0. The first-order valence-electron chi connectivity index (χ1n) is 7.21. The van der Waals surface area contributed by atoms with E-state index in [0.29, 0.717) is 11.5 Å². The summed E-state index contributed by atoms with van der Waals surface area (Å²) in [6.07, 6.45) is 1.96. The number of rotatable bonds is 7. The lowest BCUT2D eigenvalue weighted by atomic mass is 9.95. The Hall–Kier alpha value is -0.930. The van der Waals surface area contributed by atoms with Gasteiger partial charge in [0, 0.05) is 18.2 Å². The van der Waals surface area contributed by atoms with Crippen molar-refractivity contribution in [3.8, 4) is 0 Å². The van der Waals surface area contributed by atoms with Crippen LogP contribution in [0.15, 0.2) is 24.3 Å². The second-order valence-electron chi connectivity index (χ2n) is 5.49. The van der Waals surface area contributed by atoms with Gasteiger partial charge in [-0.1, -0.05) is 45.4 Å². The minimum absolute atomic E-state index is 0.0500. The Morgan fingerprint density at radius 1 is 1.21 bits per heavy atom. The van der Waals surface area contributed by atoms with Crippen molar-refractivity contribution in [2.75, 3.05) is 13.6 Å². The molecule has 1 aromatic carbocycles. The summed E-state index contributed by atoms with van der Waals surface area (Å²) in [5.41, 5.74) is 6.94. The average molecular weight is 266 g/mol. The molecule has 108 valence electrons. The van der Waals surface area contributed by atoms with E-state index in [4.69, 9.17) is 5.73 Å². The fourth-order valence-electron chi connectivity index (χ4n) is 2.47. The van der Waals surface area contributed by atoms with Gasteiger partial charge in [0.2, 0.25) is 0 Å². The van der Waals surface area contributed by atoms with Gasteiger partial charge in [-0.2, -0.15) is 0 Å². The Bertz CT molecular complexity index is 381.